The van der Waals surface area contributed by atoms with Gasteiger partial charge in [0.1, 0.15) is 10.6 Å². The number of rotatable bonds is 6. The predicted octanol–water partition coefficient (Wildman–Crippen LogP) is 3.81. The van der Waals surface area contributed by atoms with Gasteiger partial charge in [-0.1, -0.05) is 22.9 Å². The molecular weight excluding hydrogens is 410 g/mol. The first-order chi connectivity index (χ1) is 12.8. The number of ether oxygens (including phenoxy) is 2. The lowest BCUT2D eigenvalue weighted by molar-refractivity contribution is 0.0531. The van der Waals surface area contributed by atoms with Crippen molar-refractivity contribution in [3.05, 3.63) is 39.4 Å². The molecule has 0 aliphatic carbocycles. The third kappa shape index (κ3) is 5.62. The molecule has 2 rings (SSSR count). The summed E-state index contributed by atoms with van der Waals surface area (Å²) in [6.07, 6.45) is 0. The summed E-state index contributed by atoms with van der Waals surface area (Å²) >= 11 is 12.3. The van der Waals surface area contributed by atoms with Crippen LogP contribution in [-0.4, -0.2) is 35.2 Å². The number of nitrogens with one attached hydrogen (secondary N) is 2. The molecule has 10 heteroatoms. The van der Waals surface area contributed by atoms with Gasteiger partial charge in [-0.15, -0.1) is 0 Å². The third-order valence-electron chi connectivity index (χ3n) is 3.20. The summed E-state index contributed by atoms with van der Waals surface area (Å²) in [5.74, 6) is -0.378. The number of hydrogen-bond donors (Lipinski definition) is 2. The third-order valence-corrected chi connectivity index (χ3v) is 4.75. The number of anilines is 1. The second kappa shape index (κ2) is 9.63. The lowest BCUT2D eigenvalue weighted by atomic mass is 10.2. The van der Waals surface area contributed by atoms with Crippen LogP contribution in [0, 0.1) is 6.92 Å². The number of benzene rings is 1. The molecule has 0 unspecified atom stereocenters. The van der Waals surface area contributed by atoms with Gasteiger partial charge in [0, 0.05) is 5.56 Å². The summed E-state index contributed by atoms with van der Waals surface area (Å²) < 4.78 is 10.3. The van der Waals surface area contributed by atoms with E-state index in [9.17, 15) is 9.59 Å². The van der Waals surface area contributed by atoms with E-state index in [1.54, 1.807) is 26.0 Å². The number of thiazole rings is 1. The number of esters is 1. The van der Waals surface area contributed by atoms with Crippen molar-refractivity contribution in [1.29, 1.82) is 0 Å². The molecule has 144 valence electrons. The van der Waals surface area contributed by atoms with Crippen LogP contribution in [0.25, 0.3) is 0 Å². The topological polar surface area (TPSA) is 89.6 Å². The van der Waals surface area contributed by atoms with E-state index in [4.69, 9.17) is 33.3 Å². The Hall–Kier alpha value is -2.23. The molecule has 0 saturated carbocycles. The lowest BCUT2D eigenvalue weighted by Crippen LogP contribution is -2.34. The second-order valence-electron chi connectivity index (χ2n) is 5.14. The van der Waals surface area contributed by atoms with Gasteiger partial charge in [-0.25, -0.2) is 9.78 Å². The van der Waals surface area contributed by atoms with Crippen LogP contribution in [-0.2, 0) is 4.74 Å². The van der Waals surface area contributed by atoms with Gasteiger partial charge in [-0.05, 0) is 51.2 Å². The zero-order chi connectivity index (χ0) is 20.0. The van der Waals surface area contributed by atoms with Crippen molar-refractivity contribution in [2.75, 3.05) is 18.5 Å². The van der Waals surface area contributed by atoms with E-state index in [2.05, 4.69) is 15.6 Å². The number of aryl methyl sites for hydroxylation is 1. The molecule has 0 spiro atoms. The summed E-state index contributed by atoms with van der Waals surface area (Å²) in [5.41, 5.74) is 0.850. The maximum Gasteiger partial charge on any atom is 0.350 e. The van der Waals surface area contributed by atoms with E-state index >= 15 is 0 Å². The molecule has 1 amide bonds. The van der Waals surface area contributed by atoms with E-state index in [1.807, 2.05) is 6.92 Å². The highest BCUT2D eigenvalue weighted by atomic mass is 35.5. The Labute approximate surface area is 171 Å². The molecule has 0 fully saturated rings. The van der Waals surface area contributed by atoms with Crippen LogP contribution in [0.15, 0.2) is 18.2 Å². The monoisotopic (exact) mass is 427 g/mol. The molecule has 0 radical (unpaired) electrons. The minimum atomic E-state index is -0.445. The van der Waals surface area contributed by atoms with Crippen LogP contribution in [0.3, 0.4) is 0 Å². The Kier molecular flexibility index (Phi) is 7.52. The van der Waals surface area contributed by atoms with Crippen molar-refractivity contribution in [2.45, 2.75) is 20.8 Å². The molecule has 27 heavy (non-hydrogen) atoms. The molecule has 7 nitrogen and oxygen atoms in total. The van der Waals surface area contributed by atoms with Crippen LogP contribution in [0.5, 0.6) is 5.75 Å². The predicted molar refractivity (Wildman–Crippen MR) is 109 cm³/mol. The van der Waals surface area contributed by atoms with Gasteiger partial charge in [-0.3, -0.25) is 10.1 Å². The van der Waals surface area contributed by atoms with E-state index in [0.717, 1.165) is 11.3 Å². The summed E-state index contributed by atoms with van der Waals surface area (Å²) in [6, 6.07) is 4.70. The Balaban J connectivity index is 2.01. The molecule has 0 aliphatic rings. The fourth-order valence-electron chi connectivity index (χ4n) is 2.05. The van der Waals surface area contributed by atoms with Gasteiger partial charge in [-0.2, -0.15) is 0 Å². The van der Waals surface area contributed by atoms with Crippen molar-refractivity contribution < 1.29 is 19.1 Å². The van der Waals surface area contributed by atoms with E-state index in [-0.39, 0.29) is 11.7 Å². The van der Waals surface area contributed by atoms with Gasteiger partial charge in [0.05, 0.1) is 23.9 Å². The van der Waals surface area contributed by atoms with Crippen molar-refractivity contribution in [3.63, 3.8) is 0 Å². The highest BCUT2D eigenvalue weighted by Crippen LogP contribution is 2.26. The Bertz CT molecular complexity index is 870. The molecular formula is C17H18ClN3O4S2. The summed E-state index contributed by atoms with van der Waals surface area (Å²) in [5, 5.41) is 6.09. The molecule has 0 aliphatic heterocycles. The van der Waals surface area contributed by atoms with Crippen LogP contribution in [0.1, 0.15) is 39.6 Å². The van der Waals surface area contributed by atoms with Crippen LogP contribution >= 0.6 is 35.2 Å². The summed E-state index contributed by atoms with van der Waals surface area (Å²) in [4.78, 5) is 28.7. The average Bonchev–Trinajstić information content (AvgIpc) is 2.97. The Morgan fingerprint density at radius 3 is 2.67 bits per heavy atom. The number of nitrogens with zero attached hydrogens (tertiary/aromatic N) is 1. The Morgan fingerprint density at radius 1 is 1.30 bits per heavy atom. The zero-order valence-electron chi connectivity index (χ0n) is 14.9. The molecule has 1 aromatic heterocycles. The van der Waals surface area contributed by atoms with Crippen molar-refractivity contribution in [2.24, 2.45) is 0 Å². The first-order valence-corrected chi connectivity index (χ1v) is 9.65. The number of aromatic nitrogens is 1. The maximum atomic E-state index is 12.3. The average molecular weight is 428 g/mol. The minimum absolute atomic E-state index is 0.0502. The van der Waals surface area contributed by atoms with Gasteiger partial charge < -0.3 is 14.8 Å². The van der Waals surface area contributed by atoms with Gasteiger partial charge in [0.15, 0.2) is 10.2 Å². The first-order valence-electron chi connectivity index (χ1n) is 8.04. The highest BCUT2D eigenvalue weighted by molar-refractivity contribution is 7.80. The normalized spacial score (nSPS) is 10.2. The van der Waals surface area contributed by atoms with Crippen LogP contribution < -0.4 is 15.4 Å². The van der Waals surface area contributed by atoms with Gasteiger partial charge >= 0.3 is 5.97 Å². The highest BCUT2D eigenvalue weighted by Gasteiger charge is 2.17. The number of amides is 1. The maximum absolute atomic E-state index is 12.3. The standard InChI is InChI=1S/C17H18ClN3O4S2/c1-4-24-12-7-6-10(8-11(12)18)14(22)20-16(26)21-17-19-9(3)13(27-17)15(23)25-5-2/h6-8H,4-5H2,1-3H3,(H2,19,20,21,22,26). The zero-order valence-corrected chi connectivity index (χ0v) is 17.3. The van der Waals surface area contributed by atoms with Crippen molar-refractivity contribution in [1.82, 2.24) is 10.3 Å². The van der Waals surface area contributed by atoms with Gasteiger partial charge in [0.2, 0.25) is 0 Å². The number of carbonyl (C=O) groups excluding carboxylic acids is 2. The van der Waals surface area contributed by atoms with Crippen LogP contribution in [0.4, 0.5) is 5.13 Å². The largest absolute Gasteiger partial charge is 0.492 e. The number of halogens is 1. The van der Waals surface area contributed by atoms with E-state index in [1.165, 1.54) is 6.07 Å². The summed E-state index contributed by atoms with van der Waals surface area (Å²) in [6.45, 7) is 6.01. The molecule has 0 atom stereocenters. The molecule has 1 aromatic carbocycles. The smallest absolute Gasteiger partial charge is 0.350 e. The number of thiocarbonyl (C=S) groups is 1. The summed E-state index contributed by atoms with van der Waals surface area (Å²) in [7, 11) is 0. The molecule has 2 aromatic rings. The fraction of sp³-hybridized carbons (Fsp3) is 0.294. The minimum Gasteiger partial charge on any atom is -0.492 e. The molecule has 2 N–H and O–H groups in total. The van der Waals surface area contributed by atoms with Crippen molar-refractivity contribution in [3.8, 4) is 5.75 Å². The SMILES string of the molecule is CCOC(=O)c1sc(NC(=S)NC(=O)c2ccc(OCC)c(Cl)c2)nc1C. The second-order valence-corrected chi connectivity index (χ2v) is 6.96. The lowest BCUT2D eigenvalue weighted by Gasteiger charge is -2.09. The van der Waals surface area contributed by atoms with E-state index < -0.39 is 11.9 Å². The van der Waals surface area contributed by atoms with Gasteiger partial charge in [0.25, 0.3) is 5.91 Å². The van der Waals surface area contributed by atoms with Crippen molar-refractivity contribution >= 4 is 57.3 Å². The van der Waals surface area contributed by atoms with E-state index in [0.29, 0.717) is 38.6 Å². The first kappa shape index (κ1) is 21.1. The quantitative estimate of drug-likeness (QED) is 0.535. The number of hydrogen-bond acceptors (Lipinski definition) is 7. The molecule has 0 bridgehead atoms. The molecule has 1 heterocycles. The fourth-order valence-corrected chi connectivity index (χ4v) is 3.41. The van der Waals surface area contributed by atoms with Crippen LogP contribution in [0.2, 0.25) is 5.02 Å². The number of carbonyl (C=O) groups is 2. The molecule has 0 saturated heterocycles. The Morgan fingerprint density at radius 2 is 2.04 bits per heavy atom.